The molecule has 0 heterocycles. The molecule has 0 aliphatic carbocycles. The first-order valence-electron chi connectivity index (χ1n) is 5.84. The maximum atomic E-state index is 5.91. The second-order valence-electron chi connectivity index (χ2n) is 7.08. The van der Waals surface area contributed by atoms with Crippen molar-refractivity contribution in [1.29, 1.82) is 0 Å². The van der Waals surface area contributed by atoms with Crippen LogP contribution in [-0.2, 0) is 4.74 Å². The lowest BCUT2D eigenvalue weighted by atomic mass is 9.83. The minimum atomic E-state index is -0.127. The van der Waals surface area contributed by atoms with Crippen molar-refractivity contribution >= 4 is 0 Å². The molecule has 15 heavy (non-hydrogen) atoms. The number of hydrogen-bond donors (Lipinski definition) is 1. The fraction of sp³-hybridized carbons (Fsp3) is 1.00. The van der Waals surface area contributed by atoms with Gasteiger partial charge in [-0.2, -0.15) is 0 Å². The van der Waals surface area contributed by atoms with Gasteiger partial charge in [0.05, 0.1) is 5.60 Å². The molecule has 0 aliphatic rings. The average molecular weight is 215 g/mol. The molecule has 0 amide bonds. The van der Waals surface area contributed by atoms with E-state index in [2.05, 4.69) is 34.6 Å². The highest BCUT2D eigenvalue weighted by Crippen LogP contribution is 2.29. The first-order valence-corrected chi connectivity index (χ1v) is 5.84. The van der Waals surface area contributed by atoms with E-state index in [-0.39, 0.29) is 11.1 Å². The van der Waals surface area contributed by atoms with Crippen molar-refractivity contribution < 1.29 is 4.74 Å². The molecule has 0 atom stereocenters. The van der Waals surface area contributed by atoms with Crippen LogP contribution in [-0.4, -0.2) is 17.7 Å². The van der Waals surface area contributed by atoms with Gasteiger partial charge in [-0.1, -0.05) is 20.8 Å². The minimum absolute atomic E-state index is 0.0521. The SMILES string of the molecule is CC(C)(C)CC(C)(C)OCCC(C)(C)N. The Labute approximate surface area is 95.6 Å². The summed E-state index contributed by atoms with van der Waals surface area (Å²) in [6.07, 6.45) is 1.96. The zero-order valence-corrected chi connectivity index (χ0v) is 11.6. The molecule has 0 saturated heterocycles. The summed E-state index contributed by atoms with van der Waals surface area (Å²) in [5.41, 5.74) is 6.04. The summed E-state index contributed by atoms with van der Waals surface area (Å²) in [4.78, 5) is 0. The molecular formula is C13H29NO. The van der Waals surface area contributed by atoms with Crippen LogP contribution >= 0.6 is 0 Å². The van der Waals surface area contributed by atoms with Gasteiger partial charge in [0.1, 0.15) is 0 Å². The van der Waals surface area contributed by atoms with E-state index in [4.69, 9.17) is 10.5 Å². The third kappa shape index (κ3) is 10.2. The molecule has 92 valence electrons. The first-order chi connectivity index (χ1) is 6.41. The van der Waals surface area contributed by atoms with Crippen molar-refractivity contribution in [2.45, 2.75) is 72.4 Å². The van der Waals surface area contributed by atoms with Gasteiger partial charge in [0.25, 0.3) is 0 Å². The summed E-state index contributed by atoms with van der Waals surface area (Å²) in [6.45, 7) is 15.8. The van der Waals surface area contributed by atoms with Gasteiger partial charge < -0.3 is 10.5 Å². The van der Waals surface area contributed by atoms with Crippen LogP contribution < -0.4 is 5.73 Å². The highest BCUT2D eigenvalue weighted by atomic mass is 16.5. The van der Waals surface area contributed by atoms with Gasteiger partial charge >= 0.3 is 0 Å². The summed E-state index contributed by atoms with van der Waals surface area (Å²) in [6, 6.07) is 0. The van der Waals surface area contributed by atoms with E-state index in [1.165, 1.54) is 0 Å². The van der Waals surface area contributed by atoms with Gasteiger partial charge in [-0.05, 0) is 46.0 Å². The predicted octanol–water partition coefficient (Wildman–Crippen LogP) is 3.35. The van der Waals surface area contributed by atoms with E-state index in [1.54, 1.807) is 0 Å². The van der Waals surface area contributed by atoms with Crippen LogP contribution in [0.1, 0.15) is 61.3 Å². The van der Waals surface area contributed by atoms with Crippen molar-refractivity contribution in [2.75, 3.05) is 6.61 Å². The van der Waals surface area contributed by atoms with Gasteiger partial charge in [0.2, 0.25) is 0 Å². The Morgan fingerprint density at radius 3 is 1.73 bits per heavy atom. The number of hydrogen-bond acceptors (Lipinski definition) is 2. The topological polar surface area (TPSA) is 35.2 Å². The predicted molar refractivity (Wildman–Crippen MR) is 67.0 cm³/mol. The Balaban J connectivity index is 3.95. The lowest BCUT2D eigenvalue weighted by molar-refractivity contribution is -0.0479. The molecule has 0 bridgehead atoms. The van der Waals surface area contributed by atoms with E-state index in [0.29, 0.717) is 5.41 Å². The van der Waals surface area contributed by atoms with E-state index < -0.39 is 0 Å². The van der Waals surface area contributed by atoms with Crippen LogP contribution in [0.3, 0.4) is 0 Å². The van der Waals surface area contributed by atoms with Gasteiger partial charge in [-0.15, -0.1) is 0 Å². The zero-order valence-electron chi connectivity index (χ0n) is 11.6. The summed E-state index contributed by atoms with van der Waals surface area (Å²) in [7, 11) is 0. The molecule has 0 fully saturated rings. The highest BCUT2D eigenvalue weighted by molar-refractivity contribution is 4.78. The monoisotopic (exact) mass is 215 g/mol. The molecule has 2 N–H and O–H groups in total. The van der Waals surface area contributed by atoms with Crippen molar-refractivity contribution in [3.8, 4) is 0 Å². The van der Waals surface area contributed by atoms with Crippen LogP contribution in [0.2, 0.25) is 0 Å². The maximum Gasteiger partial charge on any atom is 0.0631 e. The first kappa shape index (κ1) is 14.9. The average Bonchev–Trinajstić information content (AvgIpc) is 1.75. The Morgan fingerprint density at radius 1 is 0.933 bits per heavy atom. The van der Waals surface area contributed by atoms with E-state index in [9.17, 15) is 0 Å². The summed E-state index contributed by atoms with van der Waals surface area (Å²) in [5, 5.41) is 0. The fourth-order valence-corrected chi connectivity index (χ4v) is 1.92. The number of ether oxygens (including phenoxy) is 1. The lowest BCUT2D eigenvalue weighted by Gasteiger charge is -2.33. The Hall–Kier alpha value is -0.0800. The molecule has 0 aliphatic heterocycles. The van der Waals surface area contributed by atoms with Crippen LogP contribution in [0.5, 0.6) is 0 Å². The minimum Gasteiger partial charge on any atom is -0.375 e. The molecule has 0 rings (SSSR count). The van der Waals surface area contributed by atoms with E-state index in [1.807, 2.05) is 13.8 Å². The summed E-state index contributed by atoms with van der Waals surface area (Å²) >= 11 is 0. The number of rotatable bonds is 5. The van der Waals surface area contributed by atoms with Crippen LogP contribution in [0.4, 0.5) is 0 Å². The highest BCUT2D eigenvalue weighted by Gasteiger charge is 2.26. The van der Waals surface area contributed by atoms with Gasteiger partial charge in [0, 0.05) is 12.1 Å². The van der Waals surface area contributed by atoms with Crippen molar-refractivity contribution in [3.63, 3.8) is 0 Å². The van der Waals surface area contributed by atoms with E-state index >= 15 is 0 Å². The standard InChI is InChI=1S/C13H29NO/c1-11(2,3)10-13(6,7)15-9-8-12(4,5)14/h8-10,14H2,1-7H3. The Kier molecular flexibility index (Phi) is 4.81. The van der Waals surface area contributed by atoms with Crippen molar-refractivity contribution in [3.05, 3.63) is 0 Å². The quantitative estimate of drug-likeness (QED) is 0.763. The molecular weight excluding hydrogens is 186 g/mol. The normalized spacial score (nSPS) is 14.4. The molecule has 0 radical (unpaired) electrons. The fourth-order valence-electron chi connectivity index (χ4n) is 1.92. The smallest absolute Gasteiger partial charge is 0.0631 e. The van der Waals surface area contributed by atoms with E-state index in [0.717, 1.165) is 19.4 Å². The van der Waals surface area contributed by atoms with Gasteiger partial charge in [-0.3, -0.25) is 0 Å². The van der Waals surface area contributed by atoms with Crippen LogP contribution in [0.15, 0.2) is 0 Å². The molecule has 0 aromatic rings. The molecule has 0 saturated carbocycles. The van der Waals surface area contributed by atoms with Crippen LogP contribution in [0, 0.1) is 5.41 Å². The van der Waals surface area contributed by atoms with Gasteiger partial charge in [0.15, 0.2) is 0 Å². The van der Waals surface area contributed by atoms with Crippen LogP contribution in [0.25, 0.3) is 0 Å². The lowest BCUT2D eigenvalue weighted by Crippen LogP contribution is -2.36. The molecule has 0 spiro atoms. The molecule has 2 nitrogen and oxygen atoms in total. The summed E-state index contributed by atoms with van der Waals surface area (Å²) in [5.74, 6) is 0. The maximum absolute atomic E-state index is 5.91. The Morgan fingerprint density at radius 2 is 1.40 bits per heavy atom. The zero-order chi connectivity index (χ0) is 12.3. The molecule has 0 aromatic carbocycles. The third-order valence-electron chi connectivity index (χ3n) is 2.20. The molecule has 0 unspecified atom stereocenters. The Bertz CT molecular complexity index is 184. The number of nitrogens with two attached hydrogens (primary N) is 1. The third-order valence-corrected chi connectivity index (χ3v) is 2.20. The van der Waals surface area contributed by atoms with Crippen molar-refractivity contribution in [2.24, 2.45) is 11.1 Å². The molecule has 0 aromatic heterocycles. The second-order valence-corrected chi connectivity index (χ2v) is 7.08. The van der Waals surface area contributed by atoms with Crippen molar-refractivity contribution in [1.82, 2.24) is 0 Å². The summed E-state index contributed by atoms with van der Waals surface area (Å²) < 4.78 is 5.90. The molecule has 2 heteroatoms. The van der Waals surface area contributed by atoms with Gasteiger partial charge in [-0.25, -0.2) is 0 Å². The largest absolute Gasteiger partial charge is 0.375 e. The second kappa shape index (κ2) is 4.84.